The van der Waals surface area contributed by atoms with Crippen LogP contribution in [-0.4, -0.2) is 58.3 Å². The highest BCUT2D eigenvalue weighted by Crippen LogP contribution is 2.19. The van der Waals surface area contributed by atoms with Crippen molar-refractivity contribution in [3.05, 3.63) is 50.7 Å². The van der Waals surface area contributed by atoms with Gasteiger partial charge in [-0.05, 0) is 18.1 Å². The molecule has 0 spiro atoms. The van der Waals surface area contributed by atoms with Crippen LogP contribution >= 0.6 is 0 Å². The van der Waals surface area contributed by atoms with E-state index in [1.54, 1.807) is 25.1 Å². The number of aromatic nitrogens is 2. The van der Waals surface area contributed by atoms with Gasteiger partial charge in [-0.2, -0.15) is 0 Å². The van der Waals surface area contributed by atoms with Crippen molar-refractivity contribution < 1.29 is 23.3 Å². The van der Waals surface area contributed by atoms with E-state index in [1.807, 2.05) is 13.8 Å². The van der Waals surface area contributed by atoms with E-state index in [-0.39, 0.29) is 42.7 Å². The molecule has 0 saturated heterocycles. The van der Waals surface area contributed by atoms with Gasteiger partial charge >= 0.3 is 11.7 Å². The van der Waals surface area contributed by atoms with Crippen molar-refractivity contribution in [2.75, 3.05) is 43.3 Å². The van der Waals surface area contributed by atoms with Gasteiger partial charge in [0.2, 0.25) is 0 Å². The first-order valence-electron chi connectivity index (χ1n) is 10.7. The summed E-state index contributed by atoms with van der Waals surface area (Å²) >= 11 is 0. The van der Waals surface area contributed by atoms with Crippen LogP contribution in [0.4, 0.5) is 11.5 Å². The summed E-state index contributed by atoms with van der Waals surface area (Å²) in [6.45, 7) is 4.95. The molecule has 186 valence electrons. The maximum Gasteiger partial charge on any atom is 0.339 e. The molecule has 0 bridgehead atoms. The Morgan fingerprint density at radius 3 is 2.53 bits per heavy atom. The SMILES string of the molecule is CCS(=O)c1ccccc1C(=O)OCC(=O)N(CCOC)c1c(N)n(CC(C)C)c(=O)[nH]c1=O. The highest BCUT2D eigenvalue weighted by molar-refractivity contribution is 7.85. The lowest BCUT2D eigenvalue weighted by molar-refractivity contribution is -0.121. The zero-order chi connectivity index (χ0) is 25.4. The Balaban J connectivity index is 2.35. The number of hydrogen-bond acceptors (Lipinski definition) is 8. The van der Waals surface area contributed by atoms with Gasteiger partial charge in [-0.1, -0.05) is 32.9 Å². The number of esters is 1. The molecule has 0 fully saturated rings. The first-order chi connectivity index (χ1) is 16.1. The maximum absolute atomic E-state index is 13.0. The normalized spacial score (nSPS) is 11.9. The monoisotopic (exact) mass is 494 g/mol. The summed E-state index contributed by atoms with van der Waals surface area (Å²) in [5, 5.41) is 0. The highest BCUT2D eigenvalue weighted by Gasteiger charge is 2.26. The van der Waals surface area contributed by atoms with Crippen LogP contribution in [0.3, 0.4) is 0 Å². The van der Waals surface area contributed by atoms with Gasteiger partial charge in [0.15, 0.2) is 12.3 Å². The molecule has 2 aromatic rings. The molecular weight excluding hydrogens is 464 g/mol. The summed E-state index contributed by atoms with van der Waals surface area (Å²) in [6, 6.07) is 6.26. The average molecular weight is 495 g/mol. The Morgan fingerprint density at radius 1 is 1.24 bits per heavy atom. The fourth-order valence-corrected chi connectivity index (χ4v) is 4.14. The van der Waals surface area contributed by atoms with Crippen molar-refractivity contribution >= 4 is 34.2 Å². The molecule has 12 heteroatoms. The minimum atomic E-state index is -1.40. The summed E-state index contributed by atoms with van der Waals surface area (Å²) in [7, 11) is 0.0145. The number of nitrogens with one attached hydrogen (secondary N) is 1. The van der Waals surface area contributed by atoms with Crippen LogP contribution in [-0.2, 0) is 31.6 Å². The highest BCUT2D eigenvalue weighted by atomic mass is 32.2. The third-order valence-electron chi connectivity index (χ3n) is 4.79. The fourth-order valence-electron chi connectivity index (χ4n) is 3.20. The van der Waals surface area contributed by atoms with E-state index in [4.69, 9.17) is 15.2 Å². The van der Waals surface area contributed by atoms with E-state index in [2.05, 4.69) is 4.98 Å². The van der Waals surface area contributed by atoms with Gasteiger partial charge in [0.1, 0.15) is 5.82 Å². The molecule has 1 aromatic heterocycles. The van der Waals surface area contributed by atoms with Crippen LogP contribution in [0.25, 0.3) is 0 Å². The largest absolute Gasteiger partial charge is 0.452 e. The zero-order valence-corrected chi connectivity index (χ0v) is 20.5. The van der Waals surface area contributed by atoms with Crippen molar-refractivity contribution in [3.63, 3.8) is 0 Å². The number of aromatic amines is 1. The average Bonchev–Trinajstić information content (AvgIpc) is 2.81. The summed E-state index contributed by atoms with van der Waals surface area (Å²) in [5.74, 6) is -1.41. The zero-order valence-electron chi connectivity index (χ0n) is 19.7. The van der Waals surface area contributed by atoms with E-state index in [0.717, 1.165) is 4.90 Å². The summed E-state index contributed by atoms with van der Waals surface area (Å²) in [5.41, 5.74) is 4.45. The number of anilines is 2. The Morgan fingerprint density at radius 2 is 1.91 bits per heavy atom. The second-order valence-corrected chi connectivity index (χ2v) is 9.45. The van der Waals surface area contributed by atoms with E-state index in [0.29, 0.717) is 10.6 Å². The van der Waals surface area contributed by atoms with Crippen molar-refractivity contribution in [2.24, 2.45) is 5.92 Å². The molecule has 1 heterocycles. The lowest BCUT2D eigenvalue weighted by atomic mass is 10.2. The minimum absolute atomic E-state index is 0.0385. The Bertz CT molecular complexity index is 1170. The van der Waals surface area contributed by atoms with Crippen LogP contribution in [0.5, 0.6) is 0 Å². The van der Waals surface area contributed by atoms with Crippen LogP contribution in [0.2, 0.25) is 0 Å². The predicted octanol–water partition coefficient (Wildman–Crippen LogP) is 0.739. The van der Waals surface area contributed by atoms with Gasteiger partial charge in [-0.25, -0.2) is 9.59 Å². The Labute approximate surface area is 199 Å². The number of amides is 1. The van der Waals surface area contributed by atoms with Gasteiger partial charge < -0.3 is 15.2 Å². The van der Waals surface area contributed by atoms with Gasteiger partial charge in [0.05, 0.1) is 27.9 Å². The molecule has 0 aliphatic rings. The third kappa shape index (κ3) is 6.41. The topological polar surface area (TPSA) is 154 Å². The van der Waals surface area contributed by atoms with Crippen LogP contribution in [0, 0.1) is 5.92 Å². The third-order valence-corrected chi connectivity index (χ3v) is 6.16. The van der Waals surface area contributed by atoms with E-state index in [9.17, 15) is 23.4 Å². The minimum Gasteiger partial charge on any atom is -0.452 e. The van der Waals surface area contributed by atoms with Crippen molar-refractivity contribution in [3.8, 4) is 0 Å². The van der Waals surface area contributed by atoms with Crippen LogP contribution in [0.1, 0.15) is 31.1 Å². The van der Waals surface area contributed by atoms with Gasteiger partial charge in [-0.15, -0.1) is 0 Å². The molecule has 0 aliphatic carbocycles. The fraction of sp³-hybridized carbons (Fsp3) is 0.455. The first-order valence-corrected chi connectivity index (χ1v) is 12.0. The second-order valence-electron chi connectivity index (χ2n) is 7.74. The number of nitrogens with zero attached hydrogens (tertiary/aromatic N) is 2. The number of nitrogens with two attached hydrogens (primary N) is 1. The quantitative estimate of drug-likeness (QED) is 0.434. The first kappa shape index (κ1) is 27.0. The molecule has 1 atom stereocenters. The van der Waals surface area contributed by atoms with Crippen molar-refractivity contribution in [1.82, 2.24) is 9.55 Å². The number of ether oxygens (including phenoxy) is 2. The summed E-state index contributed by atoms with van der Waals surface area (Å²) in [4.78, 5) is 54.0. The van der Waals surface area contributed by atoms with Gasteiger partial charge in [-0.3, -0.25) is 28.2 Å². The van der Waals surface area contributed by atoms with E-state index in [1.165, 1.54) is 17.7 Å². The van der Waals surface area contributed by atoms with Crippen LogP contribution < -0.4 is 21.9 Å². The molecule has 0 aliphatic heterocycles. The number of carbonyl (C=O) groups excluding carboxylic acids is 2. The molecule has 0 radical (unpaired) electrons. The lowest BCUT2D eigenvalue weighted by Gasteiger charge is -2.24. The lowest BCUT2D eigenvalue weighted by Crippen LogP contribution is -2.44. The summed E-state index contributed by atoms with van der Waals surface area (Å²) < 4.78 is 23.6. The number of carbonyl (C=O) groups is 2. The van der Waals surface area contributed by atoms with Gasteiger partial charge in [0.25, 0.3) is 11.5 Å². The number of hydrogen-bond donors (Lipinski definition) is 2. The summed E-state index contributed by atoms with van der Waals surface area (Å²) in [6.07, 6.45) is 0. The molecule has 0 saturated carbocycles. The smallest absolute Gasteiger partial charge is 0.339 e. The molecule has 1 aromatic carbocycles. The maximum atomic E-state index is 13.0. The number of methoxy groups -OCH3 is 1. The Kier molecular flexibility index (Phi) is 9.75. The van der Waals surface area contributed by atoms with Crippen molar-refractivity contribution in [1.29, 1.82) is 0 Å². The van der Waals surface area contributed by atoms with E-state index >= 15 is 0 Å². The molecule has 11 nitrogen and oxygen atoms in total. The molecule has 34 heavy (non-hydrogen) atoms. The predicted molar refractivity (Wildman–Crippen MR) is 128 cm³/mol. The number of nitrogen functional groups attached to an aromatic ring is 1. The number of benzene rings is 1. The van der Waals surface area contributed by atoms with Gasteiger partial charge in [0, 0.05) is 26.0 Å². The van der Waals surface area contributed by atoms with E-state index < -0.39 is 40.5 Å². The molecule has 3 N–H and O–H groups in total. The molecule has 2 rings (SSSR count). The van der Waals surface area contributed by atoms with Crippen LogP contribution in [0.15, 0.2) is 38.8 Å². The second kappa shape index (κ2) is 12.3. The molecule has 1 unspecified atom stereocenters. The standard InChI is InChI=1S/C22H30N4O7S/c1-5-34(31)16-9-7-6-8-15(16)21(29)33-13-17(27)25(10-11-32-4)18-19(23)26(12-14(2)3)22(30)24-20(18)28/h6-9,14H,5,10-13,23H2,1-4H3,(H,24,28,30). The number of rotatable bonds is 11. The number of H-pyrrole nitrogens is 1. The molecular formula is C22H30N4O7S. The Hall–Kier alpha value is -3.25. The van der Waals surface area contributed by atoms with Crippen molar-refractivity contribution in [2.45, 2.75) is 32.2 Å². The molecule has 1 amide bonds.